The molecule has 2 aromatic carbocycles. The summed E-state index contributed by atoms with van der Waals surface area (Å²) in [6, 6.07) is 13.1. The molecule has 0 aliphatic heterocycles. The van der Waals surface area contributed by atoms with Crippen LogP contribution in [0.25, 0.3) is 16.6 Å². The second-order valence-corrected chi connectivity index (χ2v) is 5.90. The summed E-state index contributed by atoms with van der Waals surface area (Å²) in [5, 5.41) is 0.583. The molecule has 0 fully saturated rings. The Labute approximate surface area is 135 Å². The molecule has 3 aromatic rings. The van der Waals surface area contributed by atoms with Crippen molar-refractivity contribution in [2.24, 2.45) is 0 Å². The van der Waals surface area contributed by atoms with Crippen molar-refractivity contribution in [3.05, 3.63) is 68.7 Å². The van der Waals surface area contributed by atoms with Crippen LogP contribution in [0.15, 0.2) is 51.7 Å². The van der Waals surface area contributed by atoms with Crippen molar-refractivity contribution in [1.82, 2.24) is 9.55 Å². The molecule has 0 bridgehead atoms. The van der Waals surface area contributed by atoms with Gasteiger partial charge >= 0.3 is 0 Å². The average Bonchev–Trinajstić information content (AvgIpc) is 2.50. The van der Waals surface area contributed by atoms with Gasteiger partial charge in [-0.2, -0.15) is 0 Å². The van der Waals surface area contributed by atoms with Gasteiger partial charge in [-0.25, -0.2) is 4.98 Å². The quantitative estimate of drug-likeness (QED) is 0.640. The van der Waals surface area contributed by atoms with Gasteiger partial charge in [0.25, 0.3) is 5.56 Å². The van der Waals surface area contributed by atoms with Crippen molar-refractivity contribution < 1.29 is 0 Å². The van der Waals surface area contributed by atoms with Crippen molar-refractivity contribution in [3.63, 3.8) is 0 Å². The maximum Gasteiger partial charge on any atom is 0.266 e. The number of para-hydroxylation sites is 1. The highest BCUT2D eigenvalue weighted by atomic mass is 79.9. The third-order valence-electron chi connectivity index (χ3n) is 3.31. The lowest BCUT2D eigenvalue weighted by atomic mass is 10.2. The third-order valence-corrected chi connectivity index (χ3v) is 4.22. The molecule has 1 aromatic heterocycles. The molecule has 3 rings (SSSR count). The predicted octanol–water partition coefficient (Wildman–Crippen LogP) is 4.20. The Bertz CT molecular complexity index is 889. The van der Waals surface area contributed by atoms with Crippen LogP contribution >= 0.6 is 27.5 Å². The molecule has 5 heteroatoms. The summed E-state index contributed by atoms with van der Waals surface area (Å²) in [7, 11) is 0. The molecule has 0 amide bonds. The van der Waals surface area contributed by atoms with Gasteiger partial charge in [-0.1, -0.05) is 18.2 Å². The first-order chi connectivity index (χ1) is 10.1. The van der Waals surface area contributed by atoms with Crippen LogP contribution in [-0.4, -0.2) is 9.55 Å². The Morgan fingerprint density at radius 3 is 2.76 bits per heavy atom. The standard InChI is InChI=1S/C16H12BrClN2O/c1-10-6-7-12(17)14(8-10)20-15(9-18)19-13-5-3-2-4-11(13)16(20)21/h2-8H,9H2,1H3. The number of halogens is 2. The normalized spacial score (nSPS) is 11.0. The molecule has 21 heavy (non-hydrogen) atoms. The molecule has 0 aliphatic carbocycles. The van der Waals surface area contributed by atoms with Crippen LogP contribution in [0.3, 0.4) is 0 Å². The lowest BCUT2D eigenvalue weighted by Gasteiger charge is -2.14. The van der Waals surface area contributed by atoms with Crippen LogP contribution in [0.4, 0.5) is 0 Å². The van der Waals surface area contributed by atoms with Crippen LogP contribution < -0.4 is 5.56 Å². The zero-order valence-corrected chi connectivity index (χ0v) is 13.6. The minimum Gasteiger partial charge on any atom is -0.268 e. The molecule has 106 valence electrons. The Morgan fingerprint density at radius 2 is 2.00 bits per heavy atom. The first-order valence-electron chi connectivity index (χ1n) is 6.45. The number of fused-ring (bicyclic) bond motifs is 1. The van der Waals surface area contributed by atoms with E-state index in [9.17, 15) is 4.79 Å². The van der Waals surface area contributed by atoms with Gasteiger partial charge in [0.2, 0.25) is 0 Å². The Hall–Kier alpha value is -1.65. The number of nitrogens with zero attached hydrogens (tertiary/aromatic N) is 2. The summed E-state index contributed by atoms with van der Waals surface area (Å²) in [6.07, 6.45) is 0. The Balaban J connectivity index is 2.44. The highest BCUT2D eigenvalue weighted by Crippen LogP contribution is 2.23. The van der Waals surface area contributed by atoms with E-state index >= 15 is 0 Å². The van der Waals surface area contributed by atoms with Gasteiger partial charge in [0.1, 0.15) is 5.82 Å². The second-order valence-electron chi connectivity index (χ2n) is 4.77. The highest BCUT2D eigenvalue weighted by molar-refractivity contribution is 9.10. The van der Waals surface area contributed by atoms with Gasteiger partial charge < -0.3 is 0 Å². The van der Waals surface area contributed by atoms with Crippen molar-refractivity contribution in [1.29, 1.82) is 0 Å². The lowest BCUT2D eigenvalue weighted by molar-refractivity contribution is 0.876. The molecule has 1 heterocycles. The molecule has 0 saturated carbocycles. The van der Waals surface area contributed by atoms with Gasteiger partial charge in [0, 0.05) is 4.47 Å². The zero-order valence-electron chi connectivity index (χ0n) is 11.3. The van der Waals surface area contributed by atoms with Gasteiger partial charge in [-0.3, -0.25) is 9.36 Å². The van der Waals surface area contributed by atoms with Crippen LogP contribution in [-0.2, 0) is 5.88 Å². The van der Waals surface area contributed by atoms with Crippen LogP contribution in [0.1, 0.15) is 11.4 Å². The molecule has 0 spiro atoms. The van der Waals surface area contributed by atoms with Crippen molar-refractivity contribution in [2.75, 3.05) is 0 Å². The third kappa shape index (κ3) is 2.49. The molecule has 0 aliphatic rings. The maximum absolute atomic E-state index is 12.8. The van der Waals surface area contributed by atoms with Crippen LogP contribution in [0.5, 0.6) is 0 Å². The Kier molecular flexibility index (Phi) is 3.83. The van der Waals surface area contributed by atoms with E-state index in [2.05, 4.69) is 20.9 Å². The minimum absolute atomic E-state index is 0.109. The topological polar surface area (TPSA) is 34.9 Å². The number of alkyl halides is 1. The second kappa shape index (κ2) is 5.62. The molecular formula is C16H12BrClN2O. The number of rotatable bonds is 2. The molecule has 0 radical (unpaired) electrons. The van der Waals surface area contributed by atoms with E-state index in [1.54, 1.807) is 10.6 Å². The van der Waals surface area contributed by atoms with Crippen molar-refractivity contribution in [3.8, 4) is 5.69 Å². The van der Waals surface area contributed by atoms with Crippen LogP contribution in [0, 0.1) is 6.92 Å². The highest BCUT2D eigenvalue weighted by Gasteiger charge is 2.14. The molecular weight excluding hydrogens is 352 g/mol. The maximum atomic E-state index is 12.8. The van der Waals surface area contributed by atoms with Crippen molar-refractivity contribution >= 4 is 38.4 Å². The van der Waals surface area contributed by atoms with Crippen molar-refractivity contribution in [2.45, 2.75) is 12.8 Å². The van der Waals surface area contributed by atoms with E-state index in [4.69, 9.17) is 11.6 Å². The van der Waals surface area contributed by atoms with Gasteiger partial charge in [0.15, 0.2) is 0 Å². The van der Waals surface area contributed by atoms with Crippen LogP contribution in [0.2, 0.25) is 0 Å². The first kappa shape index (κ1) is 14.3. The number of aryl methyl sites for hydroxylation is 1. The summed E-state index contributed by atoms with van der Waals surface area (Å²) in [6.45, 7) is 1.98. The van der Waals surface area contributed by atoms with E-state index in [0.717, 1.165) is 15.7 Å². The summed E-state index contributed by atoms with van der Waals surface area (Å²) in [4.78, 5) is 17.3. The van der Waals surface area contributed by atoms with E-state index in [0.29, 0.717) is 16.7 Å². The smallest absolute Gasteiger partial charge is 0.266 e. The summed E-state index contributed by atoms with van der Waals surface area (Å²) in [5.41, 5.74) is 2.38. The zero-order chi connectivity index (χ0) is 15.0. The number of benzene rings is 2. The molecule has 0 atom stereocenters. The van der Waals surface area contributed by atoms with Gasteiger partial charge in [0.05, 0.1) is 22.5 Å². The monoisotopic (exact) mass is 362 g/mol. The fourth-order valence-corrected chi connectivity index (χ4v) is 2.91. The molecule has 0 unspecified atom stereocenters. The van der Waals surface area contributed by atoms with E-state index in [1.165, 1.54) is 0 Å². The largest absolute Gasteiger partial charge is 0.268 e. The van der Waals surface area contributed by atoms with E-state index in [-0.39, 0.29) is 11.4 Å². The molecule has 3 nitrogen and oxygen atoms in total. The SMILES string of the molecule is Cc1ccc(Br)c(-n2c(CCl)nc3ccccc3c2=O)c1. The average molecular weight is 364 g/mol. The lowest BCUT2D eigenvalue weighted by Crippen LogP contribution is -2.23. The van der Waals surface area contributed by atoms with Gasteiger partial charge in [-0.15, -0.1) is 11.6 Å². The molecule has 0 saturated heterocycles. The molecule has 0 N–H and O–H groups in total. The number of hydrogen-bond donors (Lipinski definition) is 0. The minimum atomic E-state index is -0.109. The number of hydrogen-bond acceptors (Lipinski definition) is 2. The Morgan fingerprint density at radius 1 is 1.24 bits per heavy atom. The fourth-order valence-electron chi connectivity index (χ4n) is 2.31. The first-order valence-corrected chi connectivity index (χ1v) is 7.77. The van der Waals surface area contributed by atoms with E-state index < -0.39 is 0 Å². The number of aromatic nitrogens is 2. The summed E-state index contributed by atoms with van der Waals surface area (Å²) in [5.74, 6) is 0.701. The van der Waals surface area contributed by atoms with Gasteiger partial charge in [-0.05, 0) is 52.7 Å². The summed E-state index contributed by atoms with van der Waals surface area (Å²) < 4.78 is 2.41. The predicted molar refractivity (Wildman–Crippen MR) is 89.3 cm³/mol. The fraction of sp³-hybridized carbons (Fsp3) is 0.125. The van der Waals surface area contributed by atoms with E-state index in [1.807, 2.05) is 43.3 Å². The summed E-state index contributed by atoms with van der Waals surface area (Å²) >= 11 is 9.51.